The number of epoxide rings is 1. The molecule has 1 aromatic rings. The van der Waals surface area contributed by atoms with Gasteiger partial charge in [-0.25, -0.2) is 4.18 Å². The van der Waals surface area contributed by atoms with Crippen LogP contribution in [0.5, 0.6) is 0 Å². The molecule has 5 nitrogen and oxygen atoms in total. The van der Waals surface area contributed by atoms with E-state index >= 15 is 0 Å². The summed E-state index contributed by atoms with van der Waals surface area (Å²) in [5, 5.41) is 0. The molecule has 0 amide bonds. The second-order valence-electron chi connectivity index (χ2n) is 5.30. The minimum atomic E-state index is -4.40. The van der Waals surface area contributed by atoms with E-state index < -0.39 is 16.5 Å². The van der Waals surface area contributed by atoms with Crippen molar-refractivity contribution in [2.45, 2.75) is 44.0 Å². The first-order chi connectivity index (χ1) is 8.90. The van der Waals surface area contributed by atoms with Crippen LogP contribution in [-0.4, -0.2) is 24.7 Å². The summed E-state index contributed by atoms with van der Waals surface area (Å²) in [4.78, 5) is 0. The summed E-state index contributed by atoms with van der Waals surface area (Å²) in [6, 6.07) is 8.14. The zero-order valence-corrected chi connectivity index (χ0v) is 11.4. The Hall–Kier alpha value is -0.950. The Balaban J connectivity index is 1.72. The maximum Gasteiger partial charge on any atom is 0.397 e. The van der Waals surface area contributed by atoms with Crippen LogP contribution in [0.3, 0.4) is 0 Å². The summed E-state index contributed by atoms with van der Waals surface area (Å²) in [5.41, 5.74) is 2.16. The fourth-order valence-electron chi connectivity index (χ4n) is 3.09. The van der Waals surface area contributed by atoms with E-state index in [1.54, 1.807) is 6.92 Å². The third-order valence-corrected chi connectivity index (χ3v) is 4.42. The van der Waals surface area contributed by atoms with Crippen molar-refractivity contribution in [1.82, 2.24) is 0 Å². The molecule has 1 fully saturated rings. The highest BCUT2D eigenvalue weighted by Gasteiger charge is 2.59. The second-order valence-corrected chi connectivity index (χ2v) is 6.35. The molecule has 19 heavy (non-hydrogen) atoms. The molecule has 0 saturated carbocycles. The van der Waals surface area contributed by atoms with Crippen LogP contribution < -0.4 is 0 Å². The first-order valence-electron chi connectivity index (χ1n) is 6.31. The van der Waals surface area contributed by atoms with Crippen LogP contribution in [0.1, 0.15) is 37.0 Å². The molecule has 0 spiro atoms. The van der Waals surface area contributed by atoms with Gasteiger partial charge >= 0.3 is 10.4 Å². The predicted octanol–water partition coefficient (Wildman–Crippen LogP) is 2.04. The molecule has 1 aliphatic carbocycles. The fourth-order valence-corrected chi connectivity index (χ4v) is 3.57. The van der Waals surface area contributed by atoms with Crippen LogP contribution in [0.2, 0.25) is 0 Å². The average Bonchev–Trinajstić information content (AvgIpc) is 3.01. The summed E-state index contributed by atoms with van der Waals surface area (Å²) in [5.74, 6) is 0. The standard InChI is InChI=1S/C13H16O5S/c1-9(18-19(14,15)16)8-13-7-6-10-4-2-3-5-11(10)12(13)17-13/h2-5,9,12H,6-8H2,1H3,(H,14,15,16). The first kappa shape index (κ1) is 13.1. The van der Waals surface area contributed by atoms with Crippen molar-refractivity contribution in [3.05, 3.63) is 35.4 Å². The number of rotatable bonds is 4. The quantitative estimate of drug-likeness (QED) is 0.676. The lowest BCUT2D eigenvalue weighted by Gasteiger charge is -2.22. The summed E-state index contributed by atoms with van der Waals surface area (Å²) in [7, 11) is -4.40. The van der Waals surface area contributed by atoms with Crippen LogP contribution in [-0.2, 0) is 25.7 Å². The van der Waals surface area contributed by atoms with E-state index in [4.69, 9.17) is 9.29 Å². The van der Waals surface area contributed by atoms with Crippen LogP contribution >= 0.6 is 0 Å². The maximum absolute atomic E-state index is 10.7. The van der Waals surface area contributed by atoms with Crippen molar-refractivity contribution < 1.29 is 21.9 Å². The van der Waals surface area contributed by atoms with Gasteiger partial charge in [-0.15, -0.1) is 0 Å². The molecule has 0 aromatic heterocycles. The van der Waals surface area contributed by atoms with Crippen molar-refractivity contribution in [1.29, 1.82) is 0 Å². The Morgan fingerprint density at radius 3 is 3.00 bits per heavy atom. The number of aryl methyl sites for hydroxylation is 1. The zero-order valence-electron chi connectivity index (χ0n) is 10.6. The number of fused-ring (bicyclic) bond motifs is 3. The topological polar surface area (TPSA) is 76.1 Å². The molecule has 3 unspecified atom stereocenters. The van der Waals surface area contributed by atoms with E-state index in [9.17, 15) is 8.42 Å². The van der Waals surface area contributed by atoms with Gasteiger partial charge in [0, 0.05) is 6.42 Å². The van der Waals surface area contributed by atoms with Crippen molar-refractivity contribution >= 4 is 10.4 Å². The average molecular weight is 284 g/mol. The van der Waals surface area contributed by atoms with E-state index in [1.165, 1.54) is 11.1 Å². The zero-order chi connectivity index (χ0) is 13.7. The van der Waals surface area contributed by atoms with E-state index in [0.717, 1.165) is 12.8 Å². The van der Waals surface area contributed by atoms with Gasteiger partial charge in [0.15, 0.2) is 0 Å². The third kappa shape index (κ3) is 2.53. The van der Waals surface area contributed by atoms with Gasteiger partial charge in [0.2, 0.25) is 0 Å². The SMILES string of the molecule is CC(CC12CCc3ccccc3C1O2)OS(=O)(=O)O. The molecule has 1 aliphatic heterocycles. The lowest BCUT2D eigenvalue weighted by atomic mass is 9.81. The van der Waals surface area contributed by atoms with E-state index in [-0.39, 0.29) is 11.7 Å². The van der Waals surface area contributed by atoms with Gasteiger partial charge < -0.3 is 4.74 Å². The lowest BCUT2D eigenvalue weighted by molar-refractivity contribution is 0.145. The monoisotopic (exact) mass is 284 g/mol. The molecule has 1 heterocycles. The number of hydrogen-bond acceptors (Lipinski definition) is 4. The van der Waals surface area contributed by atoms with Gasteiger partial charge in [-0.3, -0.25) is 4.55 Å². The van der Waals surface area contributed by atoms with Crippen molar-refractivity contribution in [3.8, 4) is 0 Å². The molecule has 1 N–H and O–H groups in total. The van der Waals surface area contributed by atoms with Crippen LogP contribution in [0, 0.1) is 0 Å². The molecular formula is C13H16O5S. The predicted molar refractivity (Wildman–Crippen MR) is 68.0 cm³/mol. The van der Waals surface area contributed by atoms with E-state index in [1.807, 2.05) is 12.1 Å². The van der Waals surface area contributed by atoms with Crippen LogP contribution in [0.4, 0.5) is 0 Å². The summed E-state index contributed by atoms with van der Waals surface area (Å²) in [6.45, 7) is 1.63. The number of hydrogen-bond donors (Lipinski definition) is 1. The van der Waals surface area contributed by atoms with Gasteiger partial charge in [-0.1, -0.05) is 24.3 Å². The second kappa shape index (κ2) is 4.28. The molecule has 6 heteroatoms. The molecule has 3 atom stereocenters. The van der Waals surface area contributed by atoms with Crippen molar-refractivity contribution in [2.24, 2.45) is 0 Å². The van der Waals surface area contributed by atoms with Crippen molar-refractivity contribution in [2.75, 3.05) is 0 Å². The Bertz CT molecular complexity index is 597. The largest absolute Gasteiger partial charge is 0.397 e. The number of benzene rings is 1. The normalized spacial score (nSPS) is 30.3. The Morgan fingerprint density at radius 1 is 1.53 bits per heavy atom. The molecule has 2 aliphatic rings. The summed E-state index contributed by atoms with van der Waals surface area (Å²) < 4.78 is 40.5. The van der Waals surface area contributed by atoms with E-state index in [2.05, 4.69) is 16.3 Å². The Labute approximate surface area is 112 Å². The molecule has 3 rings (SSSR count). The Morgan fingerprint density at radius 2 is 2.26 bits per heavy atom. The van der Waals surface area contributed by atoms with Crippen molar-refractivity contribution in [3.63, 3.8) is 0 Å². The molecule has 1 aromatic carbocycles. The minimum Gasteiger partial charge on any atom is -0.361 e. The minimum absolute atomic E-state index is 0.0323. The lowest BCUT2D eigenvalue weighted by Crippen LogP contribution is -2.26. The van der Waals surface area contributed by atoms with Gasteiger partial charge in [0.05, 0.1) is 6.10 Å². The molecule has 104 valence electrons. The highest BCUT2D eigenvalue weighted by atomic mass is 32.3. The van der Waals surface area contributed by atoms with Gasteiger partial charge in [0.1, 0.15) is 11.7 Å². The number of ether oxygens (including phenoxy) is 1. The van der Waals surface area contributed by atoms with Gasteiger partial charge in [0.25, 0.3) is 0 Å². The highest BCUT2D eigenvalue weighted by molar-refractivity contribution is 7.80. The highest BCUT2D eigenvalue weighted by Crippen LogP contribution is 2.59. The van der Waals surface area contributed by atoms with Crippen LogP contribution in [0.25, 0.3) is 0 Å². The van der Waals surface area contributed by atoms with Gasteiger partial charge in [-0.05, 0) is 30.9 Å². The molecule has 0 radical (unpaired) electrons. The summed E-state index contributed by atoms with van der Waals surface area (Å²) >= 11 is 0. The molecular weight excluding hydrogens is 268 g/mol. The smallest absolute Gasteiger partial charge is 0.361 e. The maximum atomic E-state index is 10.7. The summed E-state index contributed by atoms with van der Waals surface area (Å²) in [6.07, 6.45) is 1.68. The van der Waals surface area contributed by atoms with E-state index in [0.29, 0.717) is 6.42 Å². The van der Waals surface area contributed by atoms with Gasteiger partial charge in [-0.2, -0.15) is 8.42 Å². The molecule has 0 bridgehead atoms. The third-order valence-electron chi connectivity index (χ3n) is 3.85. The first-order valence-corrected chi connectivity index (χ1v) is 7.67. The van der Waals surface area contributed by atoms with Crippen LogP contribution in [0.15, 0.2) is 24.3 Å². The molecule has 1 saturated heterocycles. The Kier molecular flexibility index (Phi) is 2.94. The fraction of sp³-hybridized carbons (Fsp3) is 0.538.